The minimum absolute atomic E-state index is 0.916. The van der Waals surface area contributed by atoms with Gasteiger partial charge in [0.25, 0.3) is 0 Å². The van der Waals surface area contributed by atoms with E-state index in [-0.39, 0.29) is 0 Å². The number of aryl methyl sites for hydroxylation is 1. The number of hydrogen-bond acceptors (Lipinski definition) is 3. The van der Waals surface area contributed by atoms with Gasteiger partial charge in [0, 0.05) is 33.0 Å². The Bertz CT molecular complexity index is 2250. The maximum Gasteiger partial charge on any atom is 0.0975 e. The highest BCUT2D eigenvalue weighted by Gasteiger charge is 2.13. The van der Waals surface area contributed by atoms with E-state index in [0.29, 0.717) is 0 Å². The quantitative estimate of drug-likeness (QED) is 0.192. The van der Waals surface area contributed by atoms with Crippen LogP contribution in [0.1, 0.15) is 5.56 Å². The Hall–Kier alpha value is -5.93. The molecule has 3 heterocycles. The Kier molecular flexibility index (Phi) is 6.69. The van der Waals surface area contributed by atoms with Crippen molar-refractivity contribution in [3.63, 3.8) is 0 Å². The van der Waals surface area contributed by atoms with E-state index in [1.54, 1.807) is 0 Å². The van der Waals surface area contributed by atoms with Crippen LogP contribution in [0, 0.1) is 6.92 Å². The first-order valence-electron chi connectivity index (χ1n) is 15.2. The van der Waals surface area contributed by atoms with Crippen LogP contribution in [0.25, 0.3) is 78.0 Å². The molecule has 0 N–H and O–H groups in total. The van der Waals surface area contributed by atoms with Crippen LogP contribution in [-0.2, 0) is 0 Å². The molecule has 0 atom stereocenters. The van der Waals surface area contributed by atoms with Gasteiger partial charge in [-0.2, -0.15) is 0 Å². The molecule has 0 aliphatic rings. The van der Waals surface area contributed by atoms with E-state index >= 15 is 0 Å². The minimum Gasteiger partial charge on any atom is -0.248 e. The number of hydrogen-bond donors (Lipinski definition) is 0. The second kappa shape index (κ2) is 11.3. The summed E-state index contributed by atoms with van der Waals surface area (Å²) in [5.74, 6) is 0. The van der Waals surface area contributed by atoms with E-state index in [9.17, 15) is 0 Å². The molecule has 3 aromatic heterocycles. The van der Waals surface area contributed by atoms with Crippen molar-refractivity contribution in [2.24, 2.45) is 0 Å². The van der Waals surface area contributed by atoms with Gasteiger partial charge < -0.3 is 0 Å². The monoisotopic (exact) mass is 575 g/mol. The fourth-order valence-corrected chi connectivity index (χ4v) is 6.03. The third-order valence-corrected chi connectivity index (χ3v) is 8.37. The molecular formula is C42H29N3. The van der Waals surface area contributed by atoms with E-state index in [1.165, 1.54) is 5.56 Å². The molecule has 0 saturated carbocycles. The Labute approximate surface area is 262 Å². The summed E-state index contributed by atoms with van der Waals surface area (Å²) < 4.78 is 0. The summed E-state index contributed by atoms with van der Waals surface area (Å²) in [4.78, 5) is 15.5. The molecule has 8 rings (SSSR count). The van der Waals surface area contributed by atoms with Crippen LogP contribution in [0.2, 0.25) is 0 Å². The Morgan fingerprint density at radius 3 is 1.51 bits per heavy atom. The first-order chi connectivity index (χ1) is 22.2. The minimum atomic E-state index is 0.916. The molecule has 0 amide bonds. The number of aromatic nitrogens is 3. The lowest BCUT2D eigenvalue weighted by Crippen LogP contribution is -1.94. The average Bonchev–Trinajstić information content (AvgIpc) is 3.12. The fraction of sp³-hybridized carbons (Fsp3) is 0.0238. The van der Waals surface area contributed by atoms with Crippen LogP contribution in [0.5, 0.6) is 0 Å². The van der Waals surface area contributed by atoms with Gasteiger partial charge in [0.05, 0.1) is 33.8 Å². The van der Waals surface area contributed by atoms with Crippen molar-refractivity contribution < 1.29 is 0 Å². The summed E-state index contributed by atoms with van der Waals surface area (Å²) in [5.41, 5.74) is 13.3. The summed E-state index contributed by atoms with van der Waals surface area (Å²) in [6, 6.07) is 54.8. The predicted octanol–water partition coefficient (Wildman–Crippen LogP) is 10.8. The SMILES string of the molecule is Cc1cc(-c2cccc(-c3cc(-c4ccccc4)cc(-c4ccccc4)n3)c2)nc2c1ccc1ccc(-c3ccccc3)nc12. The number of benzene rings is 5. The highest BCUT2D eigenvalue weighted by Crippen LogP contribution is 2.34. The molecule has 8 aromatic rings. The molecule has 0 bridgehead atoms. The van der Waals surface area contributed by atoms with Crippen molar-refractivity contribution in [1.82, 2.24) is 15.0 Å². The van der Waals surface area contributed by atoms with Crippen LogP contribution >= 0.6 is 0 Å². The summed E-state index contributed by atoms with van der Waals surface area (Å²) in [5, 5.41) is 2.19. The van der Waals surface area contributed by atoms with Gasteiger partial charge in [-0.25, -0.2) is 15.0 Å². The zero-order valence-corrected chi connectivity index (χ0v) is 24.9. The van der Waals surface area contributed by atoms with Crippen molar-refractivity contribution in [3.05, 3.63) is 163 Å². The molecule has 212 valence electrons. The summed E-state index contributed by atoms with van der Waals surface area (Å²) in [6.07, 6.45) is 0. The van der Waals surface area contributed by atoms with Gasteiger partial charge in [-0.3, -0.25) is 0 Å². The summed E-state index contributed by atoms with van der Waals surface area (Å²) in [7, 11) is 0. The van der Waals surface area contributed by atoms with Gasteiger partial charge in [0.2, 0.25) is 0 Å². The molecule has 45 heavy (non-hydrogen) atoms. The molecule has 0 spiro atoms. The lowest BCUT2D eigenvalue weighted by Gasteiger charge is -2.12. The van der Waals surface area contributed by atoms with Crippen molar-refractivity contribution >= 4 is 21.8 Å². The molecule has 3 heteroatoms. The number of rotatable bonds is 5. The van der Waals surface area contributed by atoms with Gasteiger partial charge in [0.1, 0.15) is 0 Å². The number of nitrogens with zero attached hydrogens (tertiary/aromatic N) is 3. The average molecular weight is 576 g/mol. The summed E-state index contributed by atoms with van der Waals surface area (Å²) >= 11 is 0. The van der Waals surface area contributed by atoms with Crippen molar-refractivity contribution in [2.45, 2.75) is 6.92 Å². The zero-order chi connectivity index (χ0) is 30.2. The third-order valence-electron chi connectivity index (χ3n) is 8.37. The maximum atomic E-state index is 5.25. The molecule has 0 aliphatic heterocycles. The first kappa shape index (κ1) is 26.7. The van der Waals surface area contributed by atoms with Crippen molar-refractivity contribution in [1.29, 1.82) is 0 Å². The van der Waals surface area contributed by atoms with Crippen molar-refractivity contribution in [2.75, 3.05) is 0 Å². The summed E-state index contributed by atoms with van der Waals surface area (Å²) in [6.45, 7) is 2.15. The smallest absolute Gasteiger partial charge is 0.0975 e. The van der Waals surface area contributed by atoms with E-state index in [0.717, 1.165) is 78.0 Å². The van der Waals surface area contributed by atoms with Crippen LogP contribution < -0.4 is 0 Å². The zero-order valence-electron chi connectivity index (χ0n) is 24.9. The molecule has 0 radical (unpaired) electrons. The lowest BCUT2D eigenvalue weighted by atomic mass is 9.98. The molecular weight excluding hydrogens is 546 g/mol. The van der Waals surface area contributed by atoms with E-state index in [1.807, 2.05) is 30.3 Å². The largest absolute Gasteiger partial charge is 0.248 e. The fourth-order valence-electron chi connectivity index (χ4n) is 6.03. The molecule has 0 aliphatic carbocycles. The van der Waals surface area contributed by atoms with Crippen LogP contribution in [0.4, 0.5) is 0 Å². The second-order valence-corrected chi connectivity index (χ2v) is 11.4. The van der Waals surface area contributed by atoms with E-state index in [2.05, 4.69) is 134 Å². The molecule has 3 nitrogen and oxygen atoms in total. The standard InChI is InChI=1S/C42H29N3/c1-28-24-38(45-42-36(28)22-20-32-21-23-37(44-41(32)42)30-14-7-3-8-15-30)33-18-11-19-34(25-33)40-27-35(29-12-5-2-6-13-29)26-39(43-40)31-16-9-4-10-17-31/h2-27H,1H3. The Balaban J connectivity index is 1.27. The molecule has 0 fully saturated rings. The normalized spacial score (nSPS) is 11.2. The molecule has 5 aromatic carbocycles. The Morgan fingerprint density at radius 2 is 0.844 bits per heavy atom. The highest BCUT2D eigenvalue weighted by atomic mass is 14.8. The second-order valence-electron chi connectivity index (χ2n) is 11.4. The van der Waals surface area contributed by atoms with E-state index < -0.39 is 0 Å². The predicted molar refractivity (Wildman–Crippen MR) is 187 cm³/mol. The van der Waals surface area contributed by atoms with Crippen LogP contribution in [0.15, 0.2) is 158 Å². The van der Waals surface area contributed by atoms with Gasteiger partial charge >= 0.3 is 0 Å². The molecule has 0 unspecified atom stereocenters. The first-order valence-corrected chi connectivity index (χ1v) is 15.2. The van der Waals surface area contributed by atoms with E-state index in [4.69, 9.17) is 15.0 Å². The molecule has 0 saturated heterocycles. The van der Waals surface area contributed by atoms with Crippen molar-refractivity contribution in [3.8, 4) is 56.2 Å². The van der Waals surface area contributed by atoms with Gasteiger partial charge in [-0.05, 0) is 53.9 Å². The van der Waals surface area contributed by atoms with Crippen LogP contribution in [0.3, 0.4) is 0 Å². The van der Waals surface area contributed by atoms with Gasteiger partial charge in [0.15, 0.2) is 0 Å². The highest BCUT2D eigenvalue weighted by molar-refractivity contribution is 6.05. The van der Waals surface area contributed by atoms with Crippen LogP contribution in [-0.4, -0.2) is 15.0 Å². The third kappa shape index (κ3) is 5.15. The number of pyridine rings is 3. The van der Waals surface area contributed by atoms with Gasteiger partial charge in [-0.1, -0.05) is 127 Å². The topological polar surface area (TPSA) is 38.7 Å². The van der Waals surface area contributed by atoms with Gasteiger partial charge in [-0.15, -0.1) is 0 Å². The lowest BCUT2D eigenvalue weighted by molar-refractivity contribution is 1.32. The maximum absolute atomic E-state index is 5.25. The number of fused-ring (bicyclic) bond motifs is 3. The Morgan fingerprint density at radius 1 is 0.333 bits per heavy atom.